The lowest BCUT2D eigenvalue weighted by atomic mass is 10.1. The molecule has 1 N–H and O–H groups in total. The molecule has 110 valence electrons. The average Bonchev–Trinajstić information content (AvgIpc) is 2.53. The molecule has 0 fully saturated rings. The van der Waals surface area contributed by atoms with Gasteiger partial charge in [-0.25, -0.2) is 4.39 Å². The van der Waals surface area contributed by atoms with E-state index in [2.05, 4.69) is 5.32 Å². The van der Waals surface area contributed by atoms with Gasteiger partial charge in [-0.2, -0.15) is 0 Å². The van der Waals surface area contributed by atoms with Gasteiger partial charge in [0, 0.05) is 12.1 Å². The molecule has 0 heterocycles. The Morgan fingerprint density at radius 1 is 1.14 bits per heavy atom. The van der Waals surface area contributed by atoms with E-state index in [0.717, 1.165) is 0 Å². The van der Waals surface area contributed by atoms with E-state index in [-0.39, 0.29) is 18.3 Å². The highest BCUT2D eigenvalue weighted by Gasteiger charge is 2.14. The molecule has 0 bridgehead atoms. The molecule has 2 aromatic rings. The molecule has 0 spiro atoms. The summed E-state index contributed by atoms with van der Waals surface area (Å²) >= 11 is 0. The van der Waals surface area contributed by atoms with E-state index < -0.39 is 0 Å². The van der Waals surface area contributed by atoms with Crippen molar-refractivity contribution in [3.8, 4) is 11.5 Å². The van der Waals surface area contributed by atoms with Crippen molar-refractivity contribution in [2.24, 2.45) is 0 Å². The minimum atomic E-state index is -0.353. The third-order valence-electron chi connectivity index (χ3n) is 3.05. The summed E-state index contributed by atoms with van der Waals surface area (Å²) in [4.78, 5) is 12.2. The van der Waals surface area contributed by atoms with Crippen LogP contribution in [0.5, 0.6) is 11.5 Å². The van der Waals surface area contributed by atoms with Gasteiger partial charge in [0.05, 0.1) is 19.8 Å². The number of halogens is 1. The summed E-state index contributed by atoms with van der Waals surface area (Å²) in [5.41, 5.74) is 0.765. The second kappa shape index (κ2) is 6.74. The largest absolute Gasteiger partial charge is 0.497 e. The van der Waals surface area contributed by atoms with E-state index in [1.54, 1.807) is 36.4 Å². The molecule has 2 aromatic carbocycles. The Morgan fingerprint density at radius 3 is 2.57 bits per heavy atom. The van der Waals surface area contributed by atoms with Crippen LogP contribution in [-0.4, -0.2) is 20.1 Å². The van der Waals surface area contributed by atoms with Gasteiger partial charge in [0.25, 0.3) is 5.91 Å². The van der Waals surface area contributed by atoms with E-state index in [9.17, 15) is 9.18 Å². The standard InChI is InChI=1S/C16H16FNO3/c1-20-12-7-8-15(21-2)13(9-12)16(19)18-10-11-5-3-4-6-14(11)17/h3-9H,10H2,1-2H3,(H,18,19). The van der Waals surface area contributed by atoms with Gasteiger partial charge in [-0.1, -0.05) is 18.2 Å². The summed E-state index contributed by atoms with van der Waals surface area (Å²) in [6.07, 6.45) is 0. The van der Waals surface area contributed by atoms with E-state index >= 15 is 0 Å². The maximum Gasteiger partial charge on any atom is 0.255 e. The molecule has 0 aliphatic heterocycles. The molecule has 0 atom stereocenters. The second-order valence-corrected chi connectivity index (χ2v) is 4.34. The first kappa shape index (κ1) is 14.8. The predicted molar refractivity (Wildman–Crippen MR) is 77.1 cm³/mol. The summed E-state index contributed by atoms with van der Waals surface area (Å²) in [6, 6.07) is 11.2. The molecule has 4 nitrogen and oxygen atoms in total. The maximum absolute atomic E-state index is 13.5. The number of nitrogens with one attached hydrogen (secondary N) is 1. The number of hydrogen-bond acceptors (Lipinski definition) is 3. The SMILES string of the molecule is COc1ccc(OC)c(C(=O)NCc2ccccc2F)c1. The number of hydrogen-bond donors (Lipinski definition) is 1. The lowest BCUT2D eigenvalue weighted by molar-refractivity contribution is 0.0947. The van der Waals surface area contributed by atoms with E-state index in [1.165, 1.54) is 20.3 Å². The maximum atomic E-state index is 13.5. The fourth-order valence-electron chi connectivity index (χ4n) is 1.90. The Morgan fingerprint density at radius 2 is 1.90 bits per heavy atom. The molecule has 5 heteroatoms. The van der Waals surface area contributed by atoms with Crippen LogP contribution in [0.4, 0.5) is 4.39 Å². The Kier molecular flexibility index (Phi) is 4.77. The van der Waals surface area contributed by atoms with Crippen LogP contribution in [0, 0.1) is 5.82 Å². The van der Waals surface area contributed by atoms with E-state index in [4.69, 9.17) is 9.47 Å². The number of methoxy groups -OCH3 is 2. The van der Waals surface area contributed by atoms with Crippen LogP contribution in [0.2, 0.25) is 0 Å². The molecular weight excluding hydrogens is 273 g/mol. The monoisotopic (exact) mass is 289 g/mol. The highest BCUT2D eigenvalue weighted by atomic mass is 19.1. The number of rotatable bonds is 5. The van der Waals surface area contributed by atoms with Crippen molar-refractivity contribution in [3.63, 3.8) is 0 Å². The molecule has 1 amide bonds. The fraction of sp³-hybridized carbons (Fsp3) is 0.188. The van der Waals surface area contributed by atoms with Crippen molar-refractivity contribution in [2.75, 3.05) is 14.2 Å². The van der Waals surface area contributed by atoms with Crippen molar-refractivity contribution < 1.29 is 18.7 Å². The number of carbonyl (C=O) groups excluding carboxylic acids is 1. The third-order valence-corrected chi connectivity index (χ3v) is 3.05. The summed E-state index contributed by atoms with van der Waals surface area (Å²) in [6.45, 7) is 0.103. The zero-order valence-corrected chi connectivity index (χ0v) is 11.9. The van der Waals surface area contributed by atoms with Gasteiger partial charge in [0.2, 0.25) is 0 Å². The van der Waals surface area contributed by atoms with Gasteiger partial charge in [0.15, 0.2) is 0 Å². The highest BCUT2D eigenvalue weighted by molar-refractivity contribution is 5.97. The van der Waals surface area contributed by atoms with Gasteiger partial charge in [-0.3, -0.25) is 4.79 Å². The molecule has 0 aliphatic carbocycles. The van der Waals surface area contributed by atoms with Crippen LogP contribution in [0.1, 0.15) is 15.9 Å². The molecule has 0 aliphatic rings. The Labute approximate surface area is 122 Å². The molecule has 2 rings (SSSR count). The van der Waals surface area contributed by atoms with Gasteiger partial charge in [-0.15, -0.1) is 0 Å². The number of benzene rings is 2. The van der Waals surface area contributed by atoms with E-state index in [1.807, 2.05) is 0 Å². The van der Waals surface area contributed by atoms with Crippen molar-refractivity contribution >= 4 is 5.91 Å². The van der Waals surface area contributed by atoms with Crippen LogP contribution in [0.25, 0.3) is 0 Å². The molecule has 0 unspecified atom stereocenters. The van der Waals surface area contributed by atoms with Crippen molar-refractivity contribution in [2.45, 2.75) is 6.54 Å². The zero-order valence-electron chi connectivity index (χ0n) is 11.9. The Hall–Kier alpha value is -2.56. The van der Waals surface area contributed by atoms with Crippen LogP contribution >= 0.6 is 0 Å². The van der Waals surface area contributed by atoms with Crippen molar-refractivity contribution in [1.29, 1.82) is 0 Å². The van der Waals surface area contributed by atoms with Crippen LogP contribution < -0.4 is 14.8 Å². The molecule has 21 heavy (non-hydrogen) atoms. The lowest BCUT2D eigenvalue weighted by Crippen LogP contribution is -2.23. The predicted octanol–water partition coefficient (Wildman–Crippen LogP) is 2.77. The first-order chi connectivity index (χ1) is 10.2. The average molecular weight is 289 g/mol. The number of amides is 1. The first-order valence-corrected chi connectivity index (χ1v) is 6.39. The second-order valence-electron chi connectivity index (χ2n) is 4.34. The van der Waals surface area contributed by atoms with E-state index in [0.29, 0.717) is 22.6 Å². The van der Waals surface area contributed by atoms with Crippen LogP contribution in [0.15, 0.2) is 42.5 Å². The minimum absolute atomic E-state index is 0.103. The van der Waals surface area contributed by atoms with Gasteiger partial charge in [0.1, 0.15) is 17.3 Å². The first-order valence-electron chi connectivity index (χ1n) is 6.39. The quantitative estimate of drug-likeness (QED) is 0.920. The summed E-state index contributed by atoms with van der Waals surface area (Å²) in [7, 11) is 3.00. The van der Waals surface area contributed by atoms with Crippen molar-refractivity contribution in [3.05, 3.63) is 59.4 Å². The van der Waals surface area contributed by atoms with Crippen molar-refractivity contribution in [1.82, 2.24) is 5.32 Å². The van der Waals surface area contributed by atoms with Gasteiger partial charge < -0.3 is 14.8 Å². The van der Waals surface area contributed by atoms with Crippen LogP contribution in [0.3, 0.4) is 0 Å². The Bertz CT molecular complexity index is 643. The fourth-order valence-corrected chi connectivity index (χ4v) is 1.90. The molecule has 0 radical (unpaired) electrons. The lowest BCUT2D eigenvalue weighted by Gasteiger charge is -2.11. The topological polar surface area (TPSA) is 47.6 Å². The molecule has 0 aromatic heterocycles. The smallest absolute Gasteiger partial charge is 0.255 e. The summed E-state index contributed by atoms with van der Waals surface area (Å²) in [5, 5.41) is 2.67. The molecule has 0 saturated heterocycles. The van der Waals surface area contributed by atoms with Gasteiger partial charge >= 0.3 is 0 Å². The Balaban J connectivity index is 2.15. The van der Waals surface area contributed by atoms with Gasteiger partial charge in [-0.05, 0) is 24.3 Å². The minimum Gasteiger partial charge on any atom is -0.497 e. The number of ether oxygens (including phenoxy) is 2. The summed E-state index contributed by atoms with van der Waals surface area (Å²) in [5.74, 6) is 0.276. The molecular formula is C16H16FNO3. The molecule has 0 saturated carbocycles. The summed E-state index contributed by atoms with van der Waals surface area (Å²) < 4.78 is 23.8. The highest BCUT2D eigenvalue weighted by Crippen LogP contribution is 2.23. The number of carbonyl (C=O) groups is 1. The third kappa shape index (κ3) is 3.51. The van der Waals surface area contributed by atoms with Crippen LogP contribution in [-0.2, 0) is 6.54 Å². The normalized spacial score (nSPS) is 10.0. The zero-order chi connectivity index (χ0) is 15.2.